The fourth-order valence-electron chi connectivity index (χ4n) is 3.64. The number of benzene rings is 1. The molecule has 0 saturated carbocycles. The van der Waals surface area contributed by atoms with Crippen molar-refractivity contribution in [1.29, 1.82) is 0 Å². The number of pyridine rings is 1. The summed E-state index contributed by atoms with van der Waals surface area (Å²) in [5.74, 6) is 0.0746. The van der Waals surface area contributed by atoms with Gasteiger partial charge in [-0.2, -0.15) is 0 Å². The zero-order valence-electron chi connectivity index (χ0n) is 15.9. The molecule has 0 N–H and O–H groups in total. The van der Waals surface area contributed by atoms with Crippen molar-refractivity contribution in [2.24, 2.45) is 0 Å². The summed E-state index contributed by atoms with van der Waals surface area (Å²) >= 11 is 0. The van der Waals surface area contributed by atoms with Crippen LogP contribution in [0.25, 0.3) is 10.9 Å². The molecular formula is C21H23N5O2. The van der Waals surface area contributed by atoms with E-state index < -0.39 is 0 Å². The van der Waals surface area contributed by atoms with Crippen LogP contribution in [0.3, 0.4) is 0 Å². The summed E-state index contributed by atoms with van der Waals surface area (Å²) < 4.78 is 1.53. The van der Waals surface area contributed by atoms with E-state index in [1.54, 1.807) is 24.8 Å². The number of piperazine rings is 1. The van der Waals surface area contributed by atoms with E-state index >= 15 is 0 Å². The maximum absolute atomic E-state index is 12.7. The fraction of sp³-hybridized carbons (Fsp3) is 0.333. The smallest absolute Gasteiger partial charge is 0.261 e. The van der Waals surface area contributed by atoms with E-state index in [-0.39, 0.29) is 11.5 Å². The molecule has 7 heteroatoms. The molecule has 0 radical (unpaired) electrons. The Balaban J connectivity index is 1.37. The van der Waals surface area contributed by atoms with Crippen LogP contribution in [0.4, 0.5) is 5.69 Å². The molecule has 4 rings (SSSR count). The van der Waals surface area contributed by atoms with Crippen molar-refractivity contribution in [3.8, 4) is 0 Å². The number of carbonyl (C=O) groups is 1. The third-order valence-electron chi connectivity index (χ3n) is 5.28. The third-order valence-corrected chi connectivity index (χ3v) is 5.28. The second-order valence-corrected chi connectivity index (χ2v) is 7.04. The number of amides is 1. The van der Waals surface area contributed by atoms with Crippen molar-refractivity contribution in [3.63, 3.8) is 0 Å². The van der Waals surface area contributed by atoms with Crippen LogP contribution in [0.5, 0.6) is 0 Å². The summed E-state index contributed by atoms with van der Waals surface area (Å²) in [6.45, 7) is 5.25. The van der Waals surface area contributed by atoms with Crippen LogP contribution in [-0.2, 0) is 11.3 Å². The number of hydrogen-bond donors (Lipinski definition) is 0. The highest BCUT2D eigenvalue weighted by Gasteiger charge is 2.21. The Morgan fingerprint density at radius 2 is 1.82 bits per heavy atom. The van der Waals surface area contributed by atoms with Gasteiger partial charge >= 0.3 is 0 Å². The summed E-state index contributed by atoms with van der Waals surface area (Å²) in [5.41, 5.74) is 2.74. The van der Waals surface area contributed by atoms with Gasteiger partial charge in [-0.1, -0.05) is 12.1 Å². The van der Waals surface area contributed by atoms with Gasteiger partial charge in [-0.25, -0.2) is 4.98 Å². The van der Waals surface area contributed by atoms with Gasteiger partial charge in [0.05, 0.1) is 17.2 Å². The summed E-state index contributed by atoms with van der Waals surface area (Å²) in [7, 11) is 0. The van der Waals surface area contributed by atoms with Gasteiger partial charge in [0, 0.05) is 57.2 Å². The number of hydrogen-bond acceptors (Lipinski definition) is 5. The highest BCUT2D eigenvalue weighted by Crippen LogP contribution is 2.15. The predicted octanol–water partition coefficient (Wildman–Crippen LogP) is 1.84. The van der Waals surface area contributed by atoms with Crippen LogP contribution in [0.2, 0.25) is 0 Å². The number of carbonyl (C=O) groups excluding carboxylic acids is 1. The van der Waals surface area contributed by atoms with Gasteiger partial charge in [0.25, 0.3) is 5.56 Å². The van der Waals surface area contributed by atoms with Crippen molar-refractivity contribution in [3.05, 3.63) is 65.0 Å². The Kier molecular flexibility index (Phi) is 5.06. The quantitative estimate of drug-likeness (QED) is 0.694. The lowest BCUT2D eigenvalue weighted by atomic mass is 10.1. The number of fused-ring (bicyclic) bond motifs is 1. The van der Waals surface area contributed by atoms with E-state index in [0.717, 1.165) is 29.9 Å². The Morgan fingerprint density at radius 1 is 1.07 bits per heavy atom. The van der Waals surface area contributed by atoms with Gasteiger partial charge in [-0.05, 0) is 30.7 Å². The van der Waals surface area contributed by atoms with Gasteiger partial charge in [-0.3, -0.25) is 19.1 Å². The van der Waals surface area contributed by atoms with Crippen molar-refractivity contribution < 1.29 is 4.79 Å². The maximum atomic E-state index is 12.7. The van der Waals surface area contributed by atoms with Crippen LogP contribution in [0, 0.1) is 6.92 Å². The van der Waals surface area contributed by atoms with Crippen LogP contribution in [-0.4, -0.2) is 51.5 Å². The molecule has 1 aromatic carbocycles. The molecule has 0 spiro atoms. The zero-order valence-corrected chi connectivity index (χ0v) is 15.9. The van der Waals surface area contributed by atoms with Crippen molar-refractivity contribution in [2.75, 3.05) is 31.1 Å². The highest BCUT2D eigenvalue weighted by molar-refractivity contribution is 5.80. The molecule has 3 heterocycles. The second kappa shape index (κ2) is 7.80. The van der Waals surface area contributed by atoms with E-state index in [4.69, 9.17) is 0 Å². The molecule has 7 nitrogen and oxygen atoms in total. The molecule has 2 aromatic heterocycles. The largest absolute Gasteiger partial charge is 0.368 e. The molecule has 0 unspecified atom stereocenters. The molecule has 1 amide bonds. The molecule has 1 aliphatic heterocycles. The molecule has 3 aromatic rings. The average molecular weight is 377 g/mol. The molecule has 1 saturated heterocycles. The van der Waals surface area contributed by atoms with Gasteiger partial charge in [0.15, 0.2) is 0 Å². The van der Waals surface area contributed by atoms with Crippen molar-refractivity contribution in [1.82, 2.24) is 19.4 Å². The first-order chi connectivity index (χ1) is 13.6. The number of para-hydroxylation sites is 1. The number of anilines is 1. The lowest BCUT2D eigenvalue weighted by molar-refractivity contribution is -0.131. The summed E-state index contributed by atoms with van der Waals surface area (Å²) in [4.78, 5) is 37.8. The molecule has 28 heavy (non-hydrogen) atoms. The Bertz CT molecular complexity index is 1040. The third kappa shape index (κ3) is 3.60. The minimum atomic E-state index is -0.0935. The normalized spacial score (nSPS) is 14.5. The average Bonchev–Trinajstić information content (AvgIpc) is 2.74. The molecular weight excluding hydrogens is 354 g/mol. The van der Waals surface area contributed by atoms with Crippen molar-refractivity contribution >= 4 is 22.5 Å². The summed E-state index contributed by atoms with van der Waals surface area (Å²) in [6.07, 6.45) is 5.41. The molecule has 1 aliphatic rings. The van der Waals surface area contributed by atoms with Crippen LogP contribution < -0.4 is 10.5 Å². The number of aromatic nitrogens is 3. The van der Waals surface area contributed by atoms with E-state index in [2.05, 4.69) is 14.9 Å². The highest BCUT2D eigenvalue weighted by atomic mass is 16.2. The van der Waals surface area contributed by atoms with E-state index in [1.165, 1.54) is 4.57 Å². The van der Waals surface area contributed by atoms with E-state index in [0.29, 0.717) is 31.4 Å². The maximum Gasteiger partial charge on any atom is 0.261 e. The Hall–Kier alpha value is -3.22. The van der Waals surface area contributed by atoms with Gasteiger partial charge in [0.2, 0.25) is 5.91 Å². The number of rotatable bonds is 4. The second-order valence-electron chi connectivity index (χ2n) is 7.04. The SMILES string of the molecule is Cc1cccc2c(=O)n(CCC(=O)N3CCN(c4ccncc4)CC3)cnc12. The summed E-state index contributed by atoms with van der Waals surface area (Å²) in [6, 6.07) is 9.55. The van der Waals surface area contributed by atoms with Gasteiger partial charge < -0.3 is 9.80 Å². The minimum Gasteiger partial charge on any atom is -0.368 e. The predicted molar refractivity (Wildman–Crippen MR) is 108 cm³/mol. The first-order valence-electron chi connectivity index (χ1n) is 9.51. The molecule has 0 aliphatic carbocycles. The topological polar surface area (TPSA) is 71.3 Å². The Morgan fingerprint density at radius 3 is 2.57 bits per heavy atom. The zero-order chi connectivity index (χ0) is 19.5. The number of aryl methyl sites for hydroxylation is 2. The Labute approximate surface area is 163 Å². The number of nitrogens with zero attached hydrogens (tertiary/aromatic N) is 5. The van der Waals surface area contributed by atoms with Crippen LogP contribution in [0.1, 0.15) is 12.0 Å². The summed E-state index contributed by atoms with van der Waals surface area (Å²) in [5, 5.41) is 0.598. The molecule has 1 fully saturated rings. The van der Waals surface area contributed by atoms with Gasteiger partial charge in [-0.15, -0.1) is 0 Å². The van der Waals surface area contributed by atoms with Crippen LogP contribution >= 0.6 is 0 Å². The lowest BCUT2D eigenvalue weighted by Crippen LogP contribution is -2.49. The van der Waals surface area contributed by atoms with Gasteiger partial charge in [0.1, 0.15) is 0 Å². The first kappa shape index (κ1) is 18.2. The monoisotopic (exact) mass is 377 g/mol. The molecule has 0 bridgehead atoms. The molecule has 144 valence electrons. The van der Waals surface area contributed by atoms with E-state index in [1.807, 2.05) is 36.1 Å². The standard InChI is InChI=1S/C21H23N5O2/c1-16-3-2-4-18-20(16)23-15-26(21(18)28)10-7-19(27)25-13-11-24(12-14-25)17-5-8-22-9-6-17/h2-6,8-9,15H,7,10-14H2,1H3. The first-order valence-corrected chi connectivity index (χ1v) is 9.51. The van der Waals surface area contributed by atoms with Crippen LogP contribution in [0.15, 0.2) is 53.8 Å². The lowest BCUT2D eigenvalue weighted by Gasteiger charge is -2.36. The van der Waals surface area contributed by atoms with Crippen molar-refractivity contribution in [2.45, 2.75) is 19.9 Å². The molecule has 0 atom stereocenters. The minimum absolute atomic E-state index is 0.0746. The van der Waals surface area contributed by atoms with E-state index in [9.17, 15) is 9.59 Å². The fourth-order valence-corrected chi connectivity index (χ4v) is 3.64.